The van der Waals surface area contributed by atoms with Crippen LogP contribution in [0.15, 0.2) is 42.5 Å². The number of carbonyl (C=O) groups is 1. The maximum Gasteiger partial charge on any atom is 0.317 e. The number of carboxylic acids is 1. The van der Waals surface area contributed by atoms with E-state index in [9.17, 15) is 19.4 Å². The molecule has 2 aromatic rings. The molecule has 2 N–H and O–H groups in total. The van der Waals surface area contributed by atoms with Crippen LogP contribution in [0.3, 0.4) is 0 Å². The summed E-state index contributed by atoms with van der Waals surface area (Å²) >= 11 is 0. The molecule has 1 saturated carbocycles. The van der Waals surface area contributed by atoms with Gasteiger partial charge in [-0.15, -0.1) is 0 Å². The predicted molar refractivity (Wildman–Crippen MR) is 116 cm³/mol. The molecule has 31 heavy (non-hydrogen) atoms. The molecular weight excluding hydrogens is 395 g/mol. The van der Waals surface area contributed by atoms with Crippen molar-refractivity contribution in [3.63, 3.8) is 0 Å². The third kappa shape index (κ3) is 3.15. The van der Waals surface area contributed by atoms with E-state index in [-0.39, 0.29) is 41.0 Å². The van der Waals surface area contributed by atoms with E-state index in [1.54, 1.807) is 18.2 Å². The van der Waals surface area contributed by atoms with E-state index in [1.807, 2.05) is 12.1 Å². The molecule has 3 aliphatic rings. The first-order valence-corrected chi connectivity index (χ1v) is 10.9. The number of halogens is 1. The number of phenols is 1. The van der Waals surface area contributed by atoms with Gasteiger partial charge in [-0.25, -0.2) is 4.39 Å². The highest BCUT2D eigenvalue weighted by atomic mass is 19.1. The smallest absolute Gasteiger partial charge is 0.317 e. The third-order valence-corrected chi connectivity index (χ3v) is 7.92. The summed E-state index contributed by atoms with van der Waals surface area (Å²) in [6.07, 6.45) is 2.64. The summed E-state index contributed by atoms with van der Waals surface area (Å²) in [6, 6.07) is 12.5. The number of fused-ring (bicyclic) bond motifs is 3. The molecular formula is C25H29FN2O3. The zero-order valence-corrected chi connectivity index (χ0v) is 18.0. The number of carboxylic acid groups (broad SMARTS) is 1. The molecule has 0 aromatic heterocycles. The van der Waals surface area contributed by atoms with Crippen molar-refractivity contribution < 1.29 is 19.4 Å². The summed E-state index contributed by atoms with van der Waals surface area (Å²) in [4.78, 5) is 16.3. The second kappa shape index (κ2) is 7.04. The topological polar surface area (TPSA) is 64.0 Å². The second-order valence-electron chi connectivity index (χ2n) is 10.0. The van der Waals surface area contributed by atoms with Crippen LogP contribution in [0.2, 0.25) is 0 Å². The van der Waals surface area contributed by atoms with E-state index in [2.05, 4.69) is 23.8 Å². The molecule has 1 saturated heterocycles. The van der Waals surface area contributed by atoms with Gasteiger partial charge >= 0.3 is 5.97 Å². The molecule has 1 spiro atoms. The van der Waals surface area contributed by atoms with Crippen molar-refractivity contribution in [2.75, 3.05) is 26.7 Å². The molecule has 2 aliphatic carbocycles. The molecule has 5 nitrogen and oxygen atoms in total. The van der Waals surface area contributed by atoms with Gasteiger partial charge in [0.25, 0.3) is 0 Å². The quantitative estimate of drug-likeness (QED) is 0.746. The number of likely N-dealkylation sites (N-methyl/N-ethyl adjacent to an activating group) is 1. The van der Waals surface area contributed by atoms with Gasteiger partial charge in [0.2, 0.25) is 0 Å². The highest BCUT2D eigenvalue weighted by molar-refractivity contribution is 5.69. The van der Waals surface area contributed by atoms with Crippen molar-refractivity contribution in [1.29, 1.82) is 0 Å². The van der Waals surface area contributed by atoms with Crippen LogP contribution in [-0.4, -0.2) is 64.7 Å². The Kier molecular flexibility index (Phi) is 4.65. The van der Waals surface area contributed by atoms with Crippen LogP contribution < -0.4 is 0 Å². The summed E-state index contributed by atoms with van der Waals surface area (Å²) in [7, 11) is 2.13. The van der Waals surface area contributed by atoms with Gasteiger partial charge in [-0.3, -0.25) is 9.69 Å². The van der Waals surface area contributed by atoms with Crippen LogP contribution in [0.4, 0.5) is 4.39 Å². The van der Waals surface area contributed by atoms with E-state index >= 15 is 0 Å². The lowest BCUT2D eigenvalue weighted by Crippen LogP contribution is -2.67. The van der Waals surface area contributed by atoms with Crippen LogP contribution in [-0.2, 0) is 23.1 Å². The lowest BCUT2D eigenvalue weighted by molar-refractivity contribution is -0.140. The molecule has 164 valence electrons. The number of rotatable bonds is 6. The zero-order chi connectivity index (χ0) is 22.0. The summed E-state index contributed by atoms with van der Waals surface area (Å²) < 4.78 is 13.3. The number of nitrogens with zero attached hydrogens (tertiary/aromatic N) is 2. The van der Waals surface area contributed by atoms with Crippen LogP contribution >= 0.6 is 0 Å². The minimum atomic E-state index is -0.837. The first kappa shape index (κ1) is 20.5. The van der Waals surface area contributed by atoms with E-state index in [1.165, 1.54) is 17.7 Å². The Morgan fingerprint density at radius 1 is 1.26 bits per heavy atom. The fraction of sp³-hybridized carbons (Fsp3) is 0.480. The molecule has 2 aromatic carbocycles. The number of phenolic OH excluding ortho intramolecular Hbond substituents is 1. The van der Waals surface area contributed by atoms with Crippen LogP contribution in [0.5, 0.6) is 5.75 Å². The van der Waals surface area contributed by atoms with Crippen LogP contribution in [0, 0.1) is 11.2 Å². The molecule has 3 unspecified atom stereocenters. The fourth-order valence-corrected chi connectivity index (χ4v) is 7.09. The molecule has 4 atom stereocenters. The van der Waals surface area contributed by atoms with E-state index in [4.69, 9.17) is 0 Å². The normalized spacial score (nSPS) is 31.2. The Morgan fingerprint density at radius 3 is 2.68 bits per heavy atom. The number of hydrogen-bond acceptors (Lipinski definition) is 4. The number of aliphatic carboxylic acids is 1. The number of likely N-dealkylation sites (tertiary alicyclic amines) is 1. The average molecular weight is 425 g/mol. The van der Waals surface area contributed by atoms with Crippen LogP contribution in [0.25, 0.3) is 0 Å². The van der Waals surface area contributed by atoms with E-state index in [0.29, 0.717) is 13.0 Å². The Bertz CT molecular complexity index is 1030. The van der Waals surface area contributed by atoms with Gasteiger partial charge in [0.15, 0.2) is 0 Å². The van der Waals surface area contributed by atoms with Crippen molar-refractivity contribution in [3.8, 4) is 5.75 Å². The molecule has 1 heterocycles. The van der Waals surface area contributed by atoms with Crippen molar-refractivity contribution in [2.24, 2.45) is 5.41 Å². The number of aromatic hydroxyl groups is 1. The second-order valence-corrected chi connectivity index (χ2v) is 10.0. The summed E-state index contributed by atoms with van der Waals surface area (Å²) in [6.45, 7) is 3.82. The SMILES string of the molecule is CN1CC23Cc4ccc(O)cc4[C@@](C)(C2)C(N(CCc2ccc(F)cc2)CC(=O)O)C13. The van der Waals surface area contributed by atoms with Gasteiger partial charge in [-0.05, 0) is 67.3 Å². The minimum absolute atomic E-state index is 0.0317. The Labute approximate surface area is 182 Å². The number of benzene rings is 2. The van der Waals surface area contributed by atoms with E-state index in [0.717, 1.165) is 30.5 Å². The zero-order valence-electron chi connectivity index (χ0n) is 18.0. The predicted octanol–water partition coefficient (Wildman–Crippen LogP) is 3.05. The van der Waals surface area contributed by atoms with Gasteiger partial charge in [-0.1, -0.05) is 25.1 Å². The van der Waals surface area contributed by atoms with Crippen molar-refractivity contribution >= 4 is 5.97 Å². The lowest BCUT2D eigenvalue weighted by atomic mass is 9.63. The Balaban J connectivity index is 1.52. The monoisotopic (exact) mass is 424 g/mol. The molecule has 5 rings (SSSR count). The molecule has 0 radical (unpaired) electrons. The highest BCUT2D eigenvalue weighted by Crippen LogP contribution is 2.64. The maximum absolute atomic E-state index is 13.3. The lowest BCUT2D eigenvalue weighted by Gasteiger charge is -2.55. The van der Waals surface area contributed by atoms with Crippen molar-refractivity contribution in [1.82, 2.24) is 9.80 Å². The van der Waals surface area contributed by atoms with E-state index < -0.39 is 5.97 Å². The Morgan fingerprint density at radius 2 is 2.00 bits per heavy atom. The van der Waals surface area contributed by atoms with Gasteiger partial charge in [0, 0.05) is 36.0 Å². The maximum atomic E-state index is 13.3. The average Bonchev–Trinajstić information content (AvgIpc) is 2.87. The molecule has 2 fully saturated rings. The molecule has 0 amide bonds. The van der Waals surface area contributed by atoms with Gasteiger partial charge in [0.05, 0.1) is 6.54 Å². The molecule has 6 heteroatoms. The summed E-state index contributed by atoms with van der Waals surface area (Å²) in [5, 5.41) is 20.0. The third-order valence-electron chi connectivity index (χ3n) is 7.92. The van der Waals surface area contributed by atoms with Gasteiger partial charge in [0.1, 0.15) is 11.6 Å². The largest absolute Gasteiger partial charge is 0.508 e. The first-order chi connectivity index (χ1) is 14.7. The highest BCUT2D eigenvalue weighted by Gasteiger charge is 2.69. The minimum Gasteiger partial charge on any atom is -0.508 e. The standard InChI is InChI=1S/C25H29FN2O3/c1-24-14-25(12-17-5-8-19(29)11-20(17)24)15-27(2)23(25)22(24)28(13-21(30)31)10-9-16-3-6-18(26)7-4-16/h3-8,11,22-23,29H,9-10,12-15H2,1-2H3,(H,30,31)/t22?,23?,24-,25?/m1/s1. The number of hydrogen-bond donors (Lipinski definition) is 2. The van der Waals surface area contributed by atoms with Crippen molar-refractivity contribution in [3.05, 3.63) is 65.0 Å². The Hall–Kier alpha value is -2.44. The van der Waals surface area contributed by atoms with Crippen LogP contribution in [0.1, 0.15) is 30.0 Å². The van der Waals surface area contributed by atoms with Gasteiger partial charge in [-0.2, -0.15) is 0 Å². The fourth-order valence-electron chi connectivity index (χ4n) is 7.09. The summed E-state index contributed by atoms with van der Waals surface area (Å²) in [5.74, 6) is -0.840. The first-order valence-electron chi connectivity index (χ1n) is 10.9. The molecule has 1 aliphatic heterocycles. The summed E-state index contributed by atoms with van der Waals surface area (Å²) in [5.41, 5.74) is 3.35. The van der Waals surface area contributed by atoms with Crippen molar-refractivity contribution in [2.45, 2.75) is 43.7 Å². The molecule has 2 bridgehead atoms. The van der Waals surface area contributed by atoms with Gasteiger partial charge < -0.3 is 15.1 Å².